The number of halogens is 2. The summed E-state index contributed by atoms with van der Waals surface area (Å²) >= 11 is 8.66. The summed E-state index contributed by atoms with van der Waals surface area (Å²) in [7, 11) is 0. The van der Waals surface area contributed by atoms with Crippen LogP contribution in [0.25, 0.3) is 17.4 Å². The molecule has 0 radical (unpaired) electrons. The van der Waals surface area contributed by atoms with Gasteiger partial charge in [0.15, 0.2) is 0 Å². The zero-order chi connectivity index (χ0) is 24.4. The number of carbonyl (C=O) groups excluding carboxylic acids is 3. The molecule has 1 aliphatic rings. The van der Waals surface area contributed by atoms with Crippen molar-refractivity contribution in [3.8, 4) is 11.3 Å². The number of imide groups is 1. The normalized spacial score (nSPS) is 14.6. The molecule has 12 heteroatoms. The first-order valence-electron chi connectivity index (χ1n) is 9.56. The summed E-state index contributed by atoms with van der Waals surface area (Å²) in [5.41, 5.74) is 0.537. The van der Waals surface area contributed by atoms with Gasteiger partial charge >= 0.3 is 0 Å². The van der Waals surface area contributed by atoms with Crippen molar-refractivity contribution in [2.45, 2.75) is 0 Å². The van der Waals surface area contributed by atoms with Gasteiger partial charge in [-0.05, 0) is 82.9 Å². The molecule has 3 amide bonds. The highest BCUT2D eigenvalue weighted by Gasteiger charge is 2.36. The van der Waals surface area contributed by atoms with E-state index in [1.165, 1.54) is 36.4 Å². The van der Waals surface area contributed by atoms with Crippen LogP contribution in [0.2, 0.25) is 5.02 Å². The first-order valence-corrected chi connectivity index (χ1v) is 11.8. The summed E-state index contributed by atoms with van der Waals surface area (Å²) in [6, 6.07) is 14.3. The lowest BCUT2D eigenvalue weighted by atomic mass is 10.1. The molecule has 1 aromatic heterocycles. The molecule has 9 nitrogen and oxygen atoms in total. The molecule has 3 aromatic rings. The molecule has 0 bridgehead atoms. The van der Waals surface area contributed by atoms with Crippen LogP contribution in [0.4, 0.5) is 16.2 Å². The molecule has 4 rings (SSSR count). The van der Waals surface area contributed by atoms with Crippen molar-refractivity contribution >= 4 is 80.5 Å². The van der Waals surface area contributed by atoms with E-state index >= 15 is 0 Å². The van der Waals surface area contributed by atoms with Crippen LogP contribution in [-0.4, -0.2) is 33.4 Å². The van der Waals surface area contributed by atoms with Crippen molar-refractivity contribution in [1.82, 2.24) is 4.90 Å². The van der Waals surface area contributed by atoms with Gasteiger partial charge in [0.2, 0.25) is 5.91 Å². The molecule has 0 aliphatic carbocycles. The van der Waals surface area contributed by atoms with Gasteiger partial charge in [-0.15, -0.1) is 0 Å². The molecule has 1 aliphatic heterocycles. The number of benzene rings is 2. The number of nitro benzene ring substituents is 1. The first kappa shape index (κ1) is 24.0. The van der Waals surface area contributed by atoms with Crippen LogP contribution < -0.4 is 5.32 Å². The highest BCUT2D eigenvalue weighted by Crippen LogP contribution is 2.36. The van der Waals surface area contributed by atoms with Gasteiger partial charge < -0.3 is 9.73 Å². The Labute approximate surface area is 215 Å². The second-order valence-electron chi connectivity index (χ2n) is 6.94. The first-order chi connectivity index (χ1) is 16.2. The lowest BCUT2D eigenvalue weighted by molar-refractivity contribution is -0.384. The minimum absolute atomic E-state index is 0.0681. The van der Waals surface area contributed by atoms with E-state index in [1.54, 1.807) is 12.1 Å². The van der Waals surface area contributed by atoms with Crippen LogP contribution in [-0.2, 0) is 9.59 Å². The molecule has 34 heavy (non-hydrogen) atoms. The van der Waals surface area contributed by atoms with E-state index in [0.29, 0.717) is 17.4 Å². The zero-order valence-corrected chi connectivity index (χ0v) is 20.7. The van der Waals surface area contributed by atoms with Crippen LogP contribution in [0.5, 0.6) is 0 Å². The van der Waals surface area contributed by atoms with Crippen molar-refractivity contribution in [2.24, 2.45) is 0 Å². The Morgan fingerprint density at radius 1 is 1.18 bits per heavy atom. The Balaban J connectivity index is 1.49. The topological polar surface area (TPSA) is 123 Å². The van der Waals surface area contributed by atoms with E-state index in [9.17, 15) is 24.5 Å². The van der Waals surface area contributed by atoms with E-state index in [4.69, 9.17) is 16.0 Å². The number of hydrogen-bond donors (Lipinski definition) is 1. The molecular formula is C22H13ClIN3O6S. The van der Waals surface area contributed by atoms with Crippen LogP contribution in [0.15, 0.2) is 63.9 Å². The number of rotatable bonds is 6. The highest BCUT2D eigenvalue weighted by atomic mass is 127. The maximum atomic E-state index is 12.7. The summed E-state index contributed by atoms with van der Waals surface area (Å²) in [4.78, 5) is 49.0. The summed E-state index contributed by atoms with van der Waals surface area (Å²) in [5, 5.41) is 13.6. The lowest BCUT2D eigenvalue weighted by Crippen LogP contribution is -2.36. The second-order valence-corrected chi connectivity index (χ2v) is 9.62. The Bertz CT molecular complexity index is 1350. The molecule has 0 spiro atoms. The van der Waals surface area contributed by atoms with E-state index < -0.39 is 28.5 Å². The Kier molecular flexibility index (Phi) is 7.05. The van der Waals surface area contributed by atoms with Gasteiger partial charge in [0.05, 0.1) is 15.4 Å². The van der Waals surface area contributed by atoms with Crippen molar-refractivity contribution in [2.75, 3.05) is 11.9 Å². The quantitative estimate of drug-likeness (QED) is 0.162. The van der Waals surface area contributed by atoms with Gasteiger partial charge in [0.1, 0.15) is 18.1 Å². The molecule has 172 valence electrons. The van der Waals surface area contributed by atoms with E-state index in [0.717, 1.165) is 8.47 Å². The SMILES string of the molecule is O=C(CN1C(=O)S/C(=C/c2ccc(-c3ccc(Cl)cc3[N+](=O)[O-])o2)C1=O)Nc1ccc(I)cc1. The van der Waals surface area contributed by atoms with Crippen LogP contribution >= 0.6 is 46.0 Å². The summed E-state index contributed by atoms with van der Waals surface area (Å²) in [6.07, 6.45) is 1.35. The predicted octanol–water partition coefficient (Wildman–Crippen LogP) is 5.79. The monoisotopic (exact) mass is 609 g/mol. The Morgan fingerprint density at radius 3 is 2.62 bits per heavy atom. The maximum Gasteiger partial charge on any atom is 0.294 e. The molecule has 0 unspecified atom stereocenters. The Hall–Kier alpha value is -3.16. The van der Waals surface area contributed by atoms with Gasteiger partial charge in [0.25, 0.3) is 16.8 Å². The second kappa shape index (κ2) is 9.99. The average molecular weight is 610 g/mol. The number of thioether (sulfide) groups is 1. The van der Waals surface area contributed by atoms with Crippen molar-refractivity contribution in [1.29, 1.82) is 0 Å². The maximum absolute atomic E-state index is 12.7. The number of nitro groups is 1. The number of carbonyl (C=O) groups is 3. The molecule has 0 atom stereocenters. The molecule has 1 fully saturated rings. The van der Waals surface area contributed by atoms with Crippen LogP contribution in [0.3, 0.4) is 0 Å². The standard InChI is InChI=1S/C22H13ClIN3O6S/c23-12-1-7-16(17(9-12)27(31)32)18-8-6-15(33-18)10-19-21(29)26(22(30)34-19)11-20(28)25-14-4-2-13(24)3-5-14/h1-10H,11H2,(H,25,28)/b19-10+. The fraction of sp³-hybridized carbons (Fsp3) is 0.0455. The number of amides is 3. The summed E-state index contributed by atoms with van der Waals surface area (Å²) < 4.78 is 6.65. The third kappa shape index (κ3) is 5.32. The fourth-order valence-electron chi connectivity index (χ4n) is 3.08. The molecule has 1 N–H and O–H groups in total. The van der Waals surface area contributed by atoms with Gasteiger partial charge in [-0.25, -0.2) is 0 Å². The summed E-state index contributed by atoms with van der Waals surface area (Å²) in [5.74, 6) is -0.734. The molecule has 2 heterocycles. The average Bonchev–Trinajstić information content (AvgIpc) is 3.35. The van der Waals surface area contributed by atoms with Crippen LogP contribution in [0, 0.1) is 13.7 Å². The molecule has 2 aromatic carbocycles. The minimum atomic E-state index is -0.636. The third-order valence-corrected chi connectivity index (χ3v) is 6.49. The van der Waals surface area contributed by atoms with E-state index in [2.05, 4.69) is 27.9 Å². The van der Waals surface area contributed by atoms with Crippen molar-refractivity contribution < 1.29 is 23.7 Å². The van der Waals surface area contributed by atoms with Gasteiger partial charge in [-0.2, -0.15) is 0 Å². The largest absolute Gasteiger partial charge is 0.456 e. The number of hydrogen-bond acceptors (Lipinski definition) is 7. The van der Waals surface area contributed by atoms with Gasteiger partial charge in [0, 0.05) is 26.4 Å². The number of anilines is 1. The minimum Gasteiger partial charge on any atom is -0.456 e. The number of furan rings is 1. The molecule has 0 saturated carbocycles. The third-order valence-electron chi connectivity index (χ3n) is 4.63. The predicted molar refractivity (Wildman–Crippen MR) is 136 cm³/mol. The lowest BCUT2D eigenvalue weighted by Gasteiger charge is -2.12. The molecule has 1 saturated heterocycles. The van der Waals surface area contributed by atoms with Gasteiger partial charge in [-0.1, -0.05) is 11.6 Å². The Morgan fingerprint density at radius 2 is 1.91 bits per heavy atom. The van der Waals surface area contributed by atoms with E-state index in [1.807, 2.05) is 12.1 Å². The fourth-order valence-corrected chi connectivity index (χ4v) is 4.43. The zero-order valence-electron chi connectivity index (χ0n) is 17.0. The number of nitrogens with zero attached hydrogens (tertiary/aromatic N) is 2. The number of nitrogens with one attached hydrogen (secondary N) is 1. The smallest absolute Gasteiger partial charge is 0.294 e. The van der Waals surface area contributed by atoms with Crippen LogP contribution in [0.1, 0.15) is 5.76 Å². The van der Waals surface area contributed by atoms with E-state index in [-0.39, 0.29) is 32.7 Å². The molecular weight excluding hydrogens is 597 g/mol. The van der Waals surface area contributed by atoms with Crippen molar-refractivity contribution in [3.05, 3.63) is 84.0 Å². The van der Waals surface area contributed by atoms with Crippen molar-refractivity contribution in [3.63, 3.8) is 0 Å². The highest BCUT2D eigenvalue weighted by molar-refractivity contribution is 14.1. The summed E-state index contributed by atoms with van der Waals surface area (Å²) in [6.45, 7) is -0.436. The van der Waals surface area contributed by atoms with Gasteiger partial charge in [-0.3, -0.25) is 29.4 Å².